The fourth-order valence-corrected chi connectivity index (χ4v) is 3.37. The molecule has 2 nitrogen and oxygen atoms in total. The standard InChI is InChI=1S/C22H22N2.BrH/c1-17-13-19-7-3-5-9-21(19)15-23(17)11-12-24-16-22-10-6-4-8-20(22)14-18(24)2;/h3-10,13-16H,11-12H2,1-2H3;1H/q+2;/p-1. The molecular formula is C22H22BrN2+. The molecule has 0 N–H and O–H groups in total. The van der Waals surface area contributed by atoms with Crippen molar-refractivity contribution in [2.24, 2.45) is 0 Å². The van der Waals surface area contributed by atoms with E-state index in [0.717, 1.165) is 13.1 Å². The average molecular weight is 394 g/mol. The summed E-state index contributed by atoms with van der Waals surface area (Å²) in [6, 6.07) is 21.7. The summed E-state index contributed by atoms with van der Waals surface area (Å²) in [5.41, 5.74) is 2.60. The van der Waals surface area contributed by atoms with Crippen LogP contribution in [0.4, 0.5) is 0 Å². The number of hydrogen-bond acceptors (Lipinski definition) is 0. The van der Waals surface area contributed by atoms with Gasteiger partial charge >= 0.3 is 0 Å². The van der Waals surface area contributed by atoms with Crippen molar-refractivity contribution in [2.45, 2.75) is 26.9 Å². The van der Waals surface area contributed by atoms with Crippen molar-refractivity contribution in [1.82, 2.24) is 0 Å². The zero-order valence-electron chi connectivity index (χ0n) is 14.6. The first-order valence-electron chi connectivity index (χ1n) is 8.48. The van der Waals surface area contributed by atoms with Crippen LogP contribution in [-0.4, -0.2) is 0 Å². The van der Waals surface area contributed by atoms with Crippen molar-refractivity contribution in [1.29, 1.82) is 0 Å². The van der Waals surface area contributed by atoms with E-state index in [2.05, 4.69) is 96.0 Å². The Morgan fingerprint density at radius 1 is 0.600 bits per heavy atom. The lowest BCUT2D eigenvalue weighted by Crippen LogP contribution is -3.00. The summed E-state index contributed by atoms with van der Waals surface area (Å²) in [5.74, 6) is 0. The molecule has 4 aromatic rings. The van der Waals surface area contributed by atoms with Gasteiger partial charge < -0.3 is 17.0 Å². The number of pyridine rings is 2. The minimum absolute atomic E-state index is 0. The summed E-state index contributed by atoms with van der Waals surface area (Å²) in [4.78, 5) is 0. The van der Waals surface area contributed by atoms with E-state index in [1.165, 1.54) is 32.9 Å². The molecule has 0 fully saturated rings. The number of rotatable bonds is 3. The third-order valence-corrected chi connectivity index (χ3v) is 4.80. The Kier molecular flexibility index (Phi) is 5.14. The first-order valence-corrected chi connectivity index (χ1v) is 8.48. The molecule has 0 atom stereocenters. The van der Waals surface area contributed by atoms with Crippen molar-refractivity contribution in [3.8, 4) is 0 Å². The van der Waals surface area contributed by atoms with Crippen molar-refractivity contribution in [3.05, 3.63) is 84.4 Å². The largest absolute Gasteiger partial charge is 1.00 e. The second-order valence-electron chi connectivity index (χ2n) is 6.47. The summed E-state index contributed by atoms with van der Waals surface area (Å²) in [6.07, 6.45) is 4.53. The average Bonchev–Trinajstić information content (AvgIpc) is 2.60. The quantitative estimate of drug-likeness (QED) is 0.456. The summed E-state index contributed by atoms with van der Waals surface area (Å²) >= 11 is 0. The number of aromatic nitrogens is 2. The molecule has 0 aliphatic heterocycles. The van der Waals surface area contributed by atoms with Crippen LogP contribution in [0.1, 0.15) is 11.4 Å². The predicted octanol–water partition coefficient (Wildman–Crippen LogP) is 0.889. The van der Waals surface area contributed by atoms with Gasteiger partial charge in [0, 0.05) is 36.8 Å². The Labute approximate surface area is 159 Å². The van der Waals surface area contributed by atoms with Gasteiger partial charge in [0.2, 0.25) is 13.1 Å². The zero-order chi connectivity index (χ0) is 16.5. The summed E-state index contributed by atoms with van der Waals surface area (Å²) < 4.78 is 4.70. The fraction of sp³-hybridized carbons (Fsp3) is 0.182. The molecule has 0 spiro atoms. The molecule has 2 heterocycles. The molecular weight excluding hydrogens is 372 g/mol. The lowest BCUT2D eigenvalue weighted by atomic mass is 10.1. The Balaban J connectivity index is 0.00000182. The zero-order valence-corrected chi connectivity index (χ0v) is 16.2. The van der Waals surface area contributed by atoms with E-state index >= 15 is 0 Å². The second-order valence-corrected chi connectivity index (χ2v) is 6.47. The molecule has 0 saturated carbocycles. The van der Waals surface area contributed by atoms with E-state index in [0.29, 0.717) is 0 Å². The van der Waals surface area contributed by atoms with E-state index in [4.69, 9.17) is 0 Å². The summed E-state index contributed by atoms with van der Waals surface area (Å²) in [6.45, 7) is 6.32. The number of halogens is 1. The minimum Gasteiger partial charge on any atom is -1.00 e. The number of fused-ring (bicyclic) bond motifs is 2. The van der Waals surface area contributed by atoms with E-state index in [9.17, 15) is 0 Å². The number of benzene rings is 2. The van der Waals surface area contributed by atoms with Crippen molar-refractivity contribution >= 4 is 21.5 Å². The molecule has 0 amide bonds. The van der Waals surface area contributed by atoms with Crippen LogP contribution in [0.5, 0.6) is 0 Å². The third kappa shape index (κ3) is 3.57. The number of hydrogen-bond donors (Lipinski definition) is 0. The Hall–Kier alpha value is -2.26. The van der Waals surface area contributed by atoms with Gasteiger partial charge in [0.15, 0.2) is 23.8 Å². The topological polar surface area (TPSA) is 7.76 Å². The lowest BCUT2D eigenvalue weighted by molar-refractivity contribution is -0.782. The first kappa shape index (κ1) is 17.6. The highest BCUT2D eigenvalue weighted by atomic mass is 79.9. The van der Waals surface area contributed by atoms with Gasteiger partial charge in [-0.3, -0.25) is 0 Å². The minimum atomic E-state index is 0. The van der Waals surface area contributed by atoms with Crippen molar-refractivity contribution in [2.75, 3.05) is 0 Å². The molecule has 0 aliphatic rings. The molecule has 0 bridgehead atoms. The van der Waals surface area contributed by atoms with Gasteiger partial charge in [0.1, 0.15) is 0 Å². The van der Waals surface area contributed by atoms with Gasteiger partial charge in [-0.15, -0.1) is 0 Å². The fourth-order valence-electron chi connectivity index (χ4n) is 3.37. The molecule has 2 aromatic heterocycles. The van der Waals surface area contributed by atoms with Gasteiger partial charge in [-0.05, 0) is 22.9 Å². The van der Waals surface area contributed by atoms with Gasteiger partial charge in [0.25, 0.3) is 0 Å². The highest BCUT2D eigenvalue weighted by Gasteiger charge is 2.14. The maximum atomic E-state index is 2.35. The van der Waals surface area contributed by atoms with Crippen LogP contribution in [0, 0.1) is 13.8 Å². The molecule has 126 valence electrons. The molecule has 3 heteroatoms. The van der Waals surface area contributed by atoms with Gasteiger partial charge in [-0.2, -0.15) is 9.13 Å². The van der Waals surface area contributed by atoms with E-state index in [1.54, 1.807) is 0 Å². The van der Waals surface area contributed by atoms with Crippen molar-refractivity contribution < 1.29 is 26.1 Å². The molecule has 4 rings (SSSR count). The summed E-state index contributed by atoms with van der Waals surface area (Å²) in [7, 11) is 0. The van der Waals surface area contributed by atoms with Crippen LogP contribution in [-0.2, 0) is 13.1 Å². The second kappa shape index (κ2) is 7.32. The molecule has 2 aromatic carbocycles. The lowest BCUT2D eigenvalue weighted by Gasteiger charge is -2.04. The number of aryl methyl sites for hydroxylation is 4. The van der Waals surface area contributed by atoms with Crippen LogP contribution >= 0.6 is 0 Å². The predicted molar refractivity (Wildman–Crippen MR) is 97.8 cm³/mol. The van der Waals surface area contributed by atoms with E-state index < -0.39 is 0 Å². The highest BCUT2D eigenvalue weighted by Crippen LogP contribution is 2.13. The maximum absolute atomic E-state index is 2.35. The van der Waals surface area contributed by atoms with Crippen molar-refractivity contribution in [3.63, 3.8) is 0 Å². The number of nitrogens with zero attached hydrogens (tertiary/aromatic N) is 2. The van der Waals surface area contributed by atoms with Crippen LogP contribution in [0.3, 0.4) is 0 Å². The molecule has 0 aliphatic carbocycles. The smallest absolute Gasteiger partial charge is 0.207 e. The Morgan fingerprint density at radius 2 is 0.960 bits per heavy atom. The Bertz CT molecular complexity index is 955. The van der Waals surface area contributed by atoms with Gasteiger partial charge in [0.05, 0.1) is 0 Å². The Morgan fingerprint density at radius 3 is 1.36 bits per heavy atom. The third-order valence-electron chi connectivity index (χ3n) is 4.80. The van der Waals surface area contributed by atoms with Crippen LogP contribution in [0.2, 0.25) is 0 Å². The first-order chi connectivity index (χ1) is 11.7. The molecule has 0 unspecified atom stereocenters. The van der Waals surface area contributed by atoms with E-state index in [1.807, 2.05) is 0 Å². The van der Waals surface area contributed by atoms with Gasteiger partial charge in [-0.25, -0.2) is 0 Å². The van der Waals surface area contributed by atoms with Crippen LogP contribution < -0.4 is 26.1 Å². The monoisotopic (exact) mass is 393 g/mol. The maximum Gasteiger partial charge on any atom is 0.207 e. The van der Waals surface area contributed by atoms with Gasteiger partial charge in [-0.1, -0.05) is 36.4 Å². The molecule has 0 radical (unpaired) electrons. The molecule has 25 heavy (non-hydrogen) atoms. The summed E-state index contributed by atoms with van der Waals surface area (Å²) in [5, 5.41) is 5.20. The van der Waals surface area contributed by atoms with Crippen LogP contribution in [0.25, 0.3) is 21.5 Å². The molecule has 0 saturated heterocycles. The van der Waals surface area contributed by atoms with E-state index in [-0.39, 0.29) is 17.0 Å². The van der Waals surface area contributed by atoms with Crippen LogP contribution in [0.15, 0.2) is 73.1 Å². The normalized spacial score (nSPS) is 10.8. The highest BCUT2D eigenvalue weighted by molar-refractivity contribution is 5.81. The SMILES string of the molecule is Cc1cc2ccccc2c[n+]1CC[n+]1cc2ccccc2cc1C.[Br-].